The average molecular weight is 379 g/mol. The lowest BCUT2D eigenvalue weighted by atomic mass is 10.1. The maximum atomic E-state index is 13.1. The third kappa shape index (κ3) is 4.56. The van der Waals surface area contributed by atoms with Crippen molar-refractivity contribution in [3.8, 4) is 5.75 Å². The van der Waals surface area contributed by atoms with Crippen molar-refractivity contribution in [1.82, 2.24) is 9.88 Å². The first-order valence-electron chi connectivity index (χ1n) is 9.94. The summed E-state index contributed by atoms with van der Waals surface area (Å²) in [5, 5.41) is 4.06. The predicted octanol–water partition coefficient (Wildman–Crippen LogP) is 5.40. The number of ether oxygens (including phenoxy) is 1. The first-order valence-corrected chi connectivity index (χ1v) is 9.94. The molecule has 1 unspecified atom stereocenters. The third-order valence-electron chi connectivity index (χ3n) is 4.71. The lowest BCUT2D eigenvalue weighted by molar-refractivity contribution is 0.0911. The number of hydrogen-bond acceptors (Lipinski definition) is 2. The smallest absolute Gasteiger partial charge is 0.268 e. The van der Waals surface area contributed by atoms with Gasteiger partial charge in [0.15, 0.2) is 0 Å². The standard InChI is InChI=1S/C24H30N2O2/c1-6-17(2)28-22-14-10-13-20-19(22)15-21(23(27)25-24(3,4)5)26(20)16-18-11-8-7-9-12-18/h7-15,17H,6,16H2,1-5H3,(H,25,27). The number of amides is 1. The number of fused-ring (bicyclic) bond motifs is 1. The fourth-order valence-corrected chi connectivity index (χ4v) is 3.19. The van der Waals surface area contributed by atoms with Crippen molar-refractivity contribution in [3.05, 3.63) is 65.9 Å². The molecular formula is C24H30N2O2. The average Bonchev–Trinajstić information content (AvgIpc) is 3.01. The number of rotatable bonds is 6. The van der Waals surface area contributed by atoms with Gasteiger partial charge in [-0.05, 0) is 57.9 Å². The van der Waals surface area contributed by atoms with Crippen LogP contribution in [-0.2, 0) is 6.54 Å². The molecule has 1 amide bonds. The van der Waals surface area contributed by atoms with Crippen LogP contribution in [0.15, 0.2) is 54.6 Å². The zero-order valence-electron chi connectivity index (χ0n) is 17.5. The Bertz CT molecular complexity index is 952. The van der Waals surface area contributed by atoms with Crippen molar-refractivity contribution in [2.75, 3.05) is 0 Å². The summed E-state index contributed by atoms with van der Waals surface area (Å²) in [4.78, 5) is 13.1. The van der Waals surface area contributed by atoms with E-state index in [1.807, 2.05) is 57.2 Å². The fourth-order valence-electron chi connectivity index (χ4n) is 3.19. The maximum absolute atomic E-state index is 13.1. The molecule has 3 aromatic rings. The molecule has 28 heavy (non-hydrogen) atoms. The van der Waals surface area contributed by atoms with Gasteiger partial charge in [0.2, 0.25) is 0 Å². The van der Waals surface area contributed by atoms with E-state index in [0.29, 0.717) is 12.2 Å². The van der Waals surface area contributed by atoms with E-state index in [9.17, 15) is 4.79 Å². The van der Waals surface area contributed by atoms with Crippen molar-refractivity contribution >= 4 is 16.8 Å². The van der Waals surface area contributed by atoms with E-state index in [2.05, 4.69) is 41.9 Å². The molecule has 0 radical (unpaired) electrons. The van der Waals surface area contributed by atoms with Crippen molar-refractivity contribution in [3.63, 3.8) is 0 Å². The van der Waals surface area contributed by atoms with Gasteiger partial charge in [-0.15, -0.1) is 0 Å². The molecule has 0 bridgehead atoms. The summed E-state index contributed by atoms with van der Waals surface area (Å²) in [7, 11) is 0. The second-order valence-corrected chi connectivity index (χ2v) is 8.33. The van der Waals surface area contributed by atoms with Crippen molar-refractivity contribution in [2.45, 2.75) is 59.2 Å². The number of benzene rings is 2. The fraction of sp³-hybridized carbons (Fsp3) is 0.375. The Morgan fingerprint density at radius 3 is 2.46 bits per heavy atom. The number of carbonyl (C=O) groups excluding carboxylic acids is 1. The first-order chi connectivity index (χ1) is 13.3. The summed E-state index contributed by atoms with van der Waals surface area (Å²) >= 11 is 0. The van der Waals surface area contributed by atoms with Gasteiger partial charge in [-0.3, -0.25) is 4.79 Å². The molecule has 0 saturated heterocycles. The Kier molecular flexibility index (Phi) is 5.78. The van der Waals surface area contributed by atoms with Crippen molar-refractivity contribution in [1.29, 1.82) is 0 Å². The number of carbonyl (C=O) groups is 1. The summed E-state index contributed by atoms with van der Waals surface area (Å²) in [5.41, 5.74) is 2.50. The van der Waals surface area contributed by atoms with E-state index < -0.39 is 0 Å². The zero-order valence-corrected chi connectivity index (χ0v) is 17.5. The van der Waals surface area contributed by atoms with Gasteiger partial charge in [0.05, 0.1) is 11.6 Å². The van der Waals surface area contributed by atoms with Crippen LogP contribution < -0.4 is 10.1 Å². The second kappa shape index (κ2) is 8.09. The van der Waals surface area contributed by atoms with Crippen LogP contribution in [0.4, 0.5) is 0 Å². The van der Waals surface area contributed by atoms with E-state index >= 15 is 0 Å². The molecule has 1 aromatic heterocycles. The molecule has 0 aliphatic heterocycles. The third-order valence-corrected chi connectivity index (χ3v) is 4.71. The molecule has 1 heterocycles. The predicted molar refractivity (Wildman–Crippen MR) is 115 cm³/mol. The van der Waals surface area contributed by atoms with Gasteiger partial charge < -0.3 is 14.6 Å². The molecule has 1 atom stereocenters. The van der Waals surface area contributed by atoms with Gasteiger partial charge in [-0.2, -0.15) is 0 Å². The quantitative estimate of drug-likeness (QED) is 0.624. The molecule has 4 heteroatoms. The molecule has 148 valence electrons. The molecule has 2 aromatic carbocycles. The second-order valence-electron chi connectivity index (χ2n) is 8.33. The monoisotopic (exact) mass is 378 g/mol. The highest BCUT2D eigenvalue weighted by atomic mass is 16.5. The maximum Gasteiger partial charge on any atom is 0.268 e. The molecule has 3 rings (SSSR count). The Morgan fingerprint density at radius 1 is 1.11 bits per heavy atom. The Balaban J connectivity index is 2.11. The highest BCUT2D eigenvalue weighted by molar-refractivity contribution is 6.00. The van der Waals surface area contributed by atoms with Crippen LogP contribution in [0.3, 0.4) is 0 Å². The van der Waals surface area contributed by atoms with Gasteiger partial charge >= 0.3 is 0 Å². The van der Waals surface area contributed by atoms with Crippen LogP contribution in [0.5, 0.6) is 5.75 Å². The van der Waals surface area contributed by atoms with Gasteiger partial charge in [-0.25, -0.2) is 0 Å². The number of aromatic nitrogens is 1. The van der Waals surface area contributed by atoms with Crippen LogP contribution in [0.1, 0.15) is 57.1 Å². The topological polar surface area (TPSA) is 43.3 Å². The van der Waals surface area contributed by atoms with Gasteiger partial charge in [0, 0.05) is 17.5 Å². The summed E-state index contributed by atoms with van der Waals surface area (Å²) in [6, 6.07) is 18.2. The molecule has 0 saturated carbocycles. The van der Waals surface area contributed by atoms with Crippen LogP contribution in [0.2, 0.25) is 0 Å². The summed E-state index contributed by atoms with van der Waals surface area (Å²) in [6.07, 6.45) is 1.05. The van der Waals surface area contributed by atoms with Crippen LogP contribution in [0, 0.1) is 0 Å². The lowest BCUT2D eigenvalue weighted by Gasteiger charge is -2.21. The Morgan fingerprint density at radius 2 is 1.82 bits per heavy atom. The minimum absolute atomic E-state index is 0.0749. The summed E-state index contributed by atoms with van der Waals surface area (Å²) in [5.74, 6) is 0.748. The minimum Gasteiger partial charge on any atom is -0.490 e. The van der Waals surface area contributed by atoms with Crippen LogP contribution >= 0.6 is 0 Å². The number of hydrogen-bond donors (Lipinski definition) is 1. The van der Waals surface area contributed by atoms with Gasteiger partial charge in [-0.1, -0.05) is 43.3 Å². The largest absolute Gasteiger partial charge is 0.490 e. The highest BCUT2D eigenvalue weighted by Gasteiger charge is 2.22. The number of nitrogens with zero attached hydrogens (tertiary/aromatic N) is 1. The zero-order chi connectivity index (χ0) is 20.3. The summed E-state index contributed by atoms with van der Waals surface area (Å²) in [6.45, 7) is 10.8. The Labute approximate surface area is 167 Å². The van der Waals surface area contributed by atoms with Gasteiger partial charge in [0.25, 0.3) is 5.91 Å². The molecule has 0 fully saturated rings. The Hall–Kier alpha value is -2.75. The summed E-state index contributed by atoms with van der Waals surface area (Å²) < 4.78 is 8.21. The molecule has 0 aliphatic carbocycles. The van der Waals surface area contributed by atoms with Crippen LogP contribution in [0.25, 0.3) is 10.9 Å². The molecule has 4 nitrogen and oxygen atoms in total. The van der Waals surface area contributed by atoms with E-state index in [1.165, 1.54) is 0 Å². The van der Waals surface area contributed by atoms with Crippen molar-refractivity contribution < 1.29 is 9.53 Å². The normalized spacial score (nSPS) is 12.8. The minimum atomic E-state index is -0.304. The molecule has 1 N–H and O–H groups in total. The highest BCUT2D eigenvalue weighted by Crippen LogP contribution is 2.31. The van der Waals surface area contributed by atoms with E-state index in [1.54, 1.807) is 0 Å². The van der Waals surface area contributed by atoms with Crippen LogP contribution in [-0.4, -0.2) is 22.1 Å². The van der Waals surface area contributed by atoms with E-state index in [4.69, 9.17) is 4.74 Å². The van der Waals surface area contributed by atoms with Gasteiger partial charge in [0.1, 0.15) is 11.4 Å². The lowest BCUT2D eigenvalue weighted by Crippen LogP contribution is -2.41. The van der Waals surface area contributed by atoms with Crippen molar-refractivity contribution in [2.24, 2.45) is 0 Å². The van der Waals surface area contributed by atoms with E-state index in [-0.39, 0.29) is 17.6 Å². The molecular weight excluding hydrogens is 348 g/mol. The number of nitrogens with one attached hydrogen (secondary N) is 1. The molecule has 0 aliphatic rings. The first kappa shape index (κ1) is 20.0. The molecule has 0 spiro atoms. The van der Waals surface area contributed by atoms with E-state index in [0.717, 1.165) is 28.6 Å². The SMILES string of the molecule is CCC(C)Oc1cccc2c1cc(C(=O)NC(C)(C)C)n2Cc1ccccc1.